The van der Waals surface area contributed by atoms with Crippen LogP contribution in [-0.2, 0) is 30.3 Å². The maximum atomic E-state index is 13.7. The zero-order chi connectivity index (χ0) is 30.8. The Morgan fingerprint density at radius 2 is 1.70 bits per heavy atom. The van der Waals surface area contributed by atoms with E-state index in [0.29, 0.717) is 25.3 Å². The second-order valence-corrected chi connectivity index (χ2v) is 11.6. The lowest BCUT2D eigenvalue weighted by molar-refractivity contribution is -0.141. The first-order valence-electron chi connectivity index (χ1n) is 14.9. The van der Waals surface area contributed by atoms with E-state index < -0.39 is 29.8 Å². The van der Waals surface area contributed by atoms with Crippen molar-refractivity contribution in [2.75, 3.05) is 46.5 Å². The summed E-state index contributed by atoms with van der Waals surface area (Å²) in [6.07, 6.45) is 0.658. The fourth-order valence-corrected chi connectivity index (χ4v) is 5.54. The van der Waals surface area contributed by atoms with E-state index in [1.165, 1.54) is 12.0 Å². The van der Waals surface area contributed by atoms with Crippen LogP contribution >= 0.6 is 0 Å². The highest BCUT2D eigenvalue weighted by molar-refractivity contribution is 5.93. The molecule has 43 heavy (non-hydrogen) atoms. The number of nitrogens with one attached hydrogen (secondary N) is 4. The molecule has 2 aliphatic rings. The minimum Gasteiger partial charge on any atom is -0.484 e. The lowest BCUT2D eigenvalue weighted by Crippen LogP contribution is -2.56. The topological polar surface area (TPSA) is 138 Å². The van der Waals surface area contributed by atoms with Gasteiger partial charge in [-0.1, -0.05) is 56.3 Å². The van der Waals surface area contributed by atoms with Gasteiger partial charge in [-0.15, -0.1) is 0 Å². The highest BCUT2D eigenvalue weighted by Gasteiger charge is 2.34. The van der Waals surface area contributed by atoms with Crippen molar-refractivity contribution in [1.29, 1.82) is 0 Å². The van der Waals surface area contributed by atoms with Crippen molar-refractivity contribution in [3.63, 3.8) is 0 Å². The summed E-state index contributed by atoms with van der Waals surface area (Å²) >= 11 is 0. The summed E-state index contributed by atoms with van der Waals surface area (Å²) in [5.74, 6) is -1.04. The minimum absolute atomic E-state index is 0.0362. The summed E-state index contributed by atoms with van der Waals surface area (Å²) < 4.78 is 11.0. The minimum atomic E-state index is -0.866. The van der Waals surface area contributed by atoms with E-state index in [1.807, 2.05) is 62.4 Å². The molecule has 4 rings (SSSR count). The van der Waals surface area contributed by atoms with Crippen LogP contribution in [0.3, 0.4) is 0 Å². The van der Waals surface area contributed by atoms with Crippen molar-refractivity contribution in [1.82, 2.24) is 26.2 Å². The van der Waals surface area contributed by atoms with Crippen LogP contribution in [-0.4, -0.2) is 93.2 Å². The Hall–Kier alpha value is -3.96. The molecule has 2 aromatic rings. The van der Waals surface area contributed by atoms with Gasteiger partial charge in [-0.3, -0.25) is 19.2 Å². The first-order valence-corrected chi connectivity index (χ1v) is 14.9. The molecule has 4 N–H and O–H groups in total. The van der Waals surface area contributed by atoms with Gasteiger partial charge in [0.15, 0.2) is 6.61 Å². The van der Waals surface area contributed by atoms with Crippen LogP contribution in [0.25, 0.3) is 0 Å². The Labute approximate surface area is 253 Å². The highest BCUT2D eigenvalue weighted by atomic mass is 16.5. The number of carbonyl (C=O) groups excluding carboxylic acids is 4. The highest BCUT2D eigenvalue weighted by Crippen LogP contribution is 2.26. The summed E-state index contributed by atoms with van der Waals surface area (Å²) in [4.78, 5) is 55.2. The number of ether oxygens (including phenoxy) is 2. The molecule has 1 fully saturated rings. The van der Waals surface area contributed by atoms with Gasteiger partial charge < -0.3 is 35.6 Å². The zero-order valence-corrected chi connectivity index (χ0v) is 25.1. The molecular formula is C32H43N5O6. The number of amides is 4. The third kappa shape index (κ3) is 9.26. The Balaban J connectivity index is 1.67. The number of benzene rings is 2. The average Bonchev–Trinajstić information content (AvgIpc) is 3.45. The third-order valence-corrected chi connectivity index (χ3v) is 7.68. The average molecular weight is 594 g/mol. The molecule has 4 amide bonds. The van der Waals surface area contributed by atoms with E-state index in [-0.39, 0.29) is 56.5 Å². The predicted molar refractivity (Wildman–Crippen MR) is 161 cm³/mol. The normalized spacial score (nSPS) is 23.9. The van der Waals surface area contributed by atoms with Crippen LogP contribution in [0.15, 0.2) is 54.6 Å². The van der Waals surface area contributed by atoms with Gasteiger partial charge in [-0.25, -0.2) is 0 Å². The summed E-state index contributed by atoms with van der Waals surface area (Å²) in [6.45, 7) is 4.90. The molecule has 2 bridgehead atoms. The van der Waals surface area contributed by atoms with Crippen molar-refractivity contribution in [2.45, 2.75) is 50.7 Å². The van der Waals surface area contributed by atoms with Crippen LogP contribution in [0.5, 0.6) is 5.75 Å². The molecule has 11 nitrogen and oxygen atoms in total. The van der Waals surface area contributed by atoms with Gasteiger partial charge in [0.25, 0.3) is 5.91 Å². The van der Waals surface area contributed by atoms with Crippen molar-refractivity contribution in [3.05, 3.63) is 65.7 Å². The third-order valence-electron chi connectivity index (χ3n) is 7.68. The molecule has 0 radical (unpaired) electrons. The van der Waals surface area contributed by atoms with E-state index in [1.54, 1.807) is 6.07 Å². The molecule has 0 aliphatic carbocycles. The molecule has 1 saturated heterocycles. The van der Waals surface area contributed by atoms with E-state index in [2.05, 4.69) is 21.3 Å². The smallest absolute Gasteiger partial charge is 0.258 e. The molecule has 2 aliphatic heterocycles. The number of hydrogen-bond donors (Lipinski definition) is 4. The van der Waals surface area contributed by atoms with Gasteiger partial charge >= 0.3 is 0 Å². The number of methoxy groups -OCH3 is 1. The second kappa shape index (κ2) is 15.5. The van der Waals surface area contributed by atoms with Gasteiger partial charge in [-0.05, 0) is 35.6 Å². The van der Waals surface area contributed by atoms with E-state index in [4.69, 9.17) is 9.47 Å². The van der Waals surface area contributed by atoms with Gasteiger partial charge in [0.2, 0.25) is 17.7 Å². The Morgan fingerprint density at radius 1 is 0.930 bits per heavy atom. The molecule has 4 atom stereocenters. The first kappa shape index (κ1) is 32.0. The lowest BCUT2D eigenvalue weighted by atomic mass is 9.93. The predicted octanol–water partition coefficient (Wildman–Crippen LogP) is 0.984. The van der Waals surface area contributed by atoms with Crippen molar-refractivity contribution in [3.8, 4) is 5.75 Å². The van der Waals surface area contributed by atoms with Crippen molar-refractivity contribution < 1.29 is 28.7 Å². The Bertz CT molecular complexity index is 1260. The van der Waals surface area contributed by atoms with Gasteiger partial charge in [0, 0.05) is 45.1 Å². The van der Waals surface area contributed by atoms with Gasteiger partial charge in [0.05, 0.1) is 13.2 Å². The van der Waals surface area contributed by atoms with Crippen molar-refractivity contribution in [2.24, 2.45) is 5.92 Å². The Morgan fingerprint density at radius 3 is 2.44 bits per heavy atom. The number of nitrogens with zero attached hydrogens (tertiary/aromatic N) is 1. The van der Waals surface area contributed by atoms with Crippen LogP contribution in [0.2, 0.25) is 0 Å². The van der Waals surface area contributed by atoms with Gasteiger partial charge in [0.1, 0.15) is 17.8 Å². The number of rotatable bonds is 7. The number of carbonyl (C=O) groups is 4. The molecular weight excluding hydrogens is 550 g/mol. The summed E-state index contributed by atoms with van der Waals surface area (Å²) in [5, 5.41) is 12.2. The molecule has 232 valence electrons. The van der Waals surface area contributed by atoms with E-state index in [0.717, 1.165) is 11.1 Å². The maximum absolute atomic E-state index is 13.7. The molecule has 2 heterocycles. The van der Waals surface area contributed by atoms with Crippen molar-refractivity contribution >= 4 is 23.6 Å². The second-order valence-electron chi connectivity index (χ2n) is 11.6. The molecule has 11 heteroatoms. The fourth-order valence-electron chi connectivity index (χ4n) is 5.54. The summed E-state index contributed by atoms with van der Waals surface area (Å²) in [6, 6.07) is 15.0. The largest absolute Gasteiger partial charge is 0.484 e. The van der Waals surface area contributed by atoms with E-state index in [9.17, 15) is 19.2 Å². The number of fused-ring (bicyclic) bond motifs is 4. The summed E-state index contributed by atoms with van der Waals surface area (Å²) in [7, 11) is 1.51. The molecule has 0 aromatic heterocycles. The maximum Gasteiger partial charge on any atom is 0.258 e. The first-order chi connectivity index (χ1) is 20.7. The van der Waals surface area contributed by atoms with E-state index >= 15 is 0 Å². The van der Waals surface area contributed by atoms with Crippen LogP contribution < -0.4 is 26.0 Å². The van der Waals surface area contributed by atoms with Crippen LogP contribution in [0.1, 0.15) is 37.3 Å². The SMILES string of the molecule is COCCN1CC(=O)N[C@@H](Cc2ccccc2)C(=O)N[C@H]2CNC[C@@H]2c2cccc(c2)OCC(=O)N[C@H](CC(C)C)C1=O. The van der Waals surface area contributed by atoms with Crippen LogP contribution in [0, 0.1) is 5.92 Å². The molecule has 0 unspecified atom stereocenters. The fraction of sp³-hybridized carbons (Fsp3) is 0.500. The number of hydrogen-bond acceptors (Lipinski definition) is 7. The Kier molecular flexibility index (Phi) is 11.5. The van der Waals surface area contributed by atoms with Gasteiger partial charge in [-0.2, -0.15) is 0 Å². The monoisotopic (exact) mass is 593 g/mol. The lowest BCUT2D eigenvalue weighted by Gasteiger charge is -2.29. The molecule has 0 saturated carbocycles. The van der Waals surface area contributed by atoms with Crippen LogP contribution in [0.4, 0.5) is 0 Å². The molecule has 0 spiro atoms. The summed E-state index contributed by atoms with van der Waals surface area (Å²) in [5.41, 5.74) is 1.85. The molecule has 2 aromatic carbocycles. The zero-order valence-electron chi connectivity index (χ0n) is 25.1. The standard InChI is InChI=1S/C32H43N5O6/c1-21(2)14-27-32(41)37(12-13-42-3)19-29(38)34-26(15-22-8-5-4-6-9-22)31(40)36-28-18-33-17-25(28)23-10-7-11-24(16-23)43-20-30(39)35-27/h4-11,16,21,25-28,33H,12-15,17-20H2,1-3H3,(H,34,38)(H,35,39)(H,36,40)/t25-,26+,27-,28+/m1/s1. The quantitative estimate of drug-likeness (QED) is 0.376.